The van der Waals surface area contributed by atoms with Crippen molar-refractivity contribution in [3.8, 4) is 0 Å². The topological polar surface area (TPSA) is 37.3 Å². The van der Waals surface area contributed by atoms with Gasteiger partial charge in [0.15, 0.2) is 11.6 Å². The Labute approximate surface area is 90.3 Å². The lowest BCUT2D eigenvalue weighted by Gasteiger charge is -2.22. The fourth-order valence-corrected chi connectivity index (χ4v) is 1.66. The summed E-state index contributed by atoms with van der Waals surface area (Å²) in [5, 5.41) is 9.01. The molecule has 1 aromatic carbocycles. The van der Waals surface area contributed by atoms with E-state index in [-0.39, 0.29) is 5.56 Å². The lowest BCUT2D eigenvalue weighted by Crippen LogP contribution is -2.28. The molecule has 0 bridgehead atoms. The number of halogens is 2. The molecule has 0 amide bonds. The van der Waals surface area contributed by atoms with Crippen LogP contribution in [-0.2, 0) is 9.54 Å². The van der Waals surface area contributed by atoms with E-state index in [0.29, 0.717) is 0 Å². The summed E-state index contributed by atoms with van der Waals surface area (Å²) in [5.74, 6) is -3.09. The van der Waals surface area contributed by atoms with Gasteiger partial charge in [0.25, 0.3) is 0 Å². The monoisotopic (exact) mass is 232 g/mol. The Morgan fingerprint density at radius 3 is 2.40 bits per heavy atom. The van der Waals surface area contributed by atoms with Crippen molar-refractivity contribution in [2.24, 2.45) is 0 Å². The minimum atomic E-state index is -1.26. The largest absolute Gasteiger partial charge is 0.480 e. The van der Waals surface area contributed by atoms with E-state index in [0.717, 1.165) is 23.9 Å². The maximum atomic E-state index is 12.9. The van der Waals surface area contributed by atoms with Crippen molar-refractivity contribution in [2.45, 2.75) is 11.7 Å². The molecule has 0 aromatic heterocycles. The average Bonchev–Trinajstić information content (AvgIpc) is 2.20. The van der Waals surface area contributed by atoms with E-state index in [1.54, 1.807) is 6.26 Å². The molecule has 2 nitrogen and oxygen atoms in total. The van der Waals surface area contributed by atoms with Crippen LogP contribution in [0, 0.1) is 11.6 Å². The number of benzene rings is 1. The molecule has 1 aromatic rings. The van der Waals surface area contributed by atoms with Crippen molar-refractivity contribution < 1.29 is 18.7 Å². The molecular weight excluding hydrogens is 222 g/mol. The van der Waals surface area contributed by atoms with Gasteiger partial charge in [-0.15, -0.1) is 11.8 Å². The molecular formula is C10H10F2O2S. The molecule has 82 valence electrons. The number of hydrogen-bond donors (Lipinski definition) is 1. The van der Waals surface area contributed by atoms with Gasteiger partial charge in [-0.1, -0.05) is 6.07 Å². The first-order valence-corrected chi connectivity index (χ1v) is 5.38. The Morgan fingerprint density at radius 2 is 2.00 bits per heavy atom. The maximum Gasteiger partial charge on any atom is 0.324 e. The number of carboxylic acids is 1. The highest BCUT2D eigenvalue weighted by molar-refractivity contribution is 8.00. The average molecular weight is 232 g/mol. The molecule has 0 fully saturated rings. The summed E-state index contributed by atoms with van der Waals surface area (Å²) in [6.45, 7) is 1.45. The van der Waals surface area contributed by atoms with E-state index in [1.165, 1.54) is 13.0 Å². The van der Waals surface area contributed by atoms with Gasteiger partial charge in [0.1, 0.15) is 4.75 Å². The Balaban J connectivity index is 3.25. The summed E-state index contributed by atoms with van der Waals surface area (Å²) < 4.78 is 24.3. The maximum absolute atomic E-state index is 12.9. The van der Waals surface area contributed by atoms with Crippen LogP contribution >= 0.6 is 11.8 Å². The van der Waals surface area contributed by atoms with Crippen molar-refractivity contribution in [1.82, 2.24) is 0 Å². The molecule has 1 unspecified atom stereocenters. The smallest absolute Gasteiger partial charge is 0.324 e. The number of carbonyl (C=O) groups is 1. The third-order valence-corrected chi connectivity index (χ3v) is 3.51. The number of thioether (sulfide) groups is 1. The molecule has 15 heavy (non-hydrogen) atoms. The number of carboxylic acid groups (broad SMARTS) is 1. The van der Waals surface area contributed by atoms with Crippen molar-refractivity contribution >= 4 is 17.7 Å². The number of aliphatic carboxylic acids is 1. The highest BCUT2D eigenvalue weighted by atomic mass is 32.2. The molecule has 0 heterocycles. The van der Waals surface area contributed by atoms with Crippen LogP contribution in [0.4, 0.5) is 8.78 Å². The molecule has 1 atom stereocenters. The lowest BCUT2D eigenvalue weighted by atomic mass is 10.0. The Kier molecular flexibility index (Phi) is 3.34. The van der Waals surface area contributed by atoms with Crippen LogP contribution in [0.3, 0.4) is 0 Å². The molecule has 0 saturated carbocycles. The zero-order valence-corrected chi connectivity index (χ0v) is 9.07. The molecule has 0 spiro atoms. The summed E-state index contributed by atoms with van der Waals surface area (Å²) in [5.41, 5.74) is 0.237. The highest BCUT2D eigenvalue weighted by Crippen LogP contribution is 2.35. The van der Waals surface area contributed by atoms with Crippen LogP contribution in [0.2, 0.25) is 0 Å². The van der Waals surface area contributed by atoms with Crippen LogP contribution in [0.5, 0.6) is 0 Å². The summed E-state index contributed by atoms with van der Waals surface area (Å²) >= 11 is 1.06. The Hall–Kier alpha value is -1.10. The Morgan fingerprint density at radius 1 is 1.40 bits per heavy atom. The van der Waals surface area contributed by atoms with Crippen LogP contribution in [-0.4, -0.2) is 17.3 Å². The van der Waals surface area contributed by atoms with Crippen molar-refractivity contribution in [1.29, 1.82) is 0 Å². The zero-order chi connectivity index (χ0) is 11.6. The predicted octanol–water partition coefficient (Wildman–Crippen LogP) is 2.63. The predicted molar refractivity (Wildman–Crippen MR) is 54.9 cm³/mol. The second kappa shape index (κ2) is 4.18. The van der Waals surface area contributed by atoms with Gasteiger partial charge in [-0.05, 0) is 30.9 Å². The fraction of sp³-hybridized carbons (Fsp3) is 0.300. The van der Waals surface area contributed by atoms with Gasteiger partial charge in [0, 0.05) is 0 Å². The molecule has 0 aliphatic carbocycles. The van der Waals surface area contributed by atoms with Crippen LogP contribution in [0.25, 0.3) is 0 Å². The molecule has 1 N–H and O–H groups in total. The van der Waals surface area contributed by atoms with Gasteiger partial charge in [-0.2, -0.15) is 0 Å². The van der Waals surface area contributed by atoms with E-state index >= 15 is 0 Å². The minimum absolute atomic E-state index is 0.237. The minimum Gasteiger partial charge on any atom is -0.480 e. The van der Waals surface area contributed by atoms with Gasteiger partial charge >= 0.3 is 5.97 Å². The normalized spacial score (nSPS) is 14.7. The number of hydrogen-bond acceptors (Lipinski definition) is 2. The molecule has 5 heteroatoms. The van der Waals surface area contributed by atoms with Gasteiger partial charge in [0.2, 0.25) is 0 Å². The van der Waals surface area contributed by atoms with Gasteiger partial charge in [-0.25, -0.2) is 8.78 Å². The summed E-state index contributed by atoms with van der Waals surface area (Å²) in [6.07, 6.45) is 1.61. The number of rotatable bonds is 3. The van der Waals surface area contributed by atoms with E-state index in [9.17, 15) is 13.6 Å². The van der Waals surface area contributed by atoms with Crippen LogP contribution in [0.15, 0.2) is 18.2 Å². The van der Waals surface area contributed by atoms with Gasteiger partial charge < -0.3 is 5.11 Å². The second-order valence-corrected chi connectivity index (χ2v) is 4.40. The standard InChI is InChI=1S/C10H10F2O2S/c1-10(15-2,9(13)14)6-3-4-7(11)8(12)5-6/h3-5H,1-2H3,(H,13,14). The first-order valence-electron chi connectivity index (χ1n) is 4.16. The van der Waals surface area contributed by atoms with Crippen molar-refractivity contribution in [3.05, 3.63) is 35.4 Å². The second-order valence-electron chi connectivity index (χ2n) is 3.17. The third kappa shape index (κ3) is 2.12. The highest BCUT2D eigenvalue weighted by Gasteiger charge is 2.34. The summed E-state index contributed by atoms with van der Waals surface area (Å²) in [7, 11) is 0. The van der Waals surface area contributed by atoms with Crippen molar-refractivity contribution in [3.63, 3.8) is 0 Å². The quantitative estimate of drug-likeness (QED) is 0.870. The van der Waals surface area contributed by atoms with Gasteiger partial charge in [0.05, 0.1) is 0 Å². The fourth-order valence-electron chi connectivity index (χ4n) is 1.12. The third-order valence-electron chi connectivity index (χ3n) is 2.29. The lowest BCUT2D eigenvalue weighted by molar-refractivity contribution is -0.139. The van der Waals surface area contributed by atoms with E-state index in [1.807, 2.05) is 0 Å². The van der Waals surface area contributed by atoms with Crippen LogP contribution < -0.4 is 0 Å². The molecule has 1 rings (SSSR count). The Bertz CT molecular complexity index is 395. The summed E-state index contributed by atoms with van der Waals surface area (Å²) in [6, 6.07) is 3.13. The SMILES string of the molecule is CSC(C)(C(=O)O)c1ccc(F)c(F)c1. The molecule has 0 saturated heterocycles. The first-order chi connectivity index (χ1) is 6.91. The molecule has 0 aliphatic heterocycles. The molecule has 0 aliphatic rings. The summed E-state index contributed by atoms with van der Waals surface area (Å²) in [4.78, 5) is 11.0. The van der Waals surface area contributed by atoms with E-state index in [4.69, 9.17) is 5.11 Å². The van der Waals surface area contributed by atoms with Gasteiger partial charge in [-0.3, -0.25) is 4.79 Å². The molecule has 0 radical (unpaired) electrons. The first kappa shape index (κ1) is 12.0. The van der Waals surface area contributed by atoms with Crippen molar-refractivity contribution in [2.75, 3.05) is 6.26 Å². The van der Waals surface area contributed by atoms with E-state index in [2.05, 4.69) is 0 Å². The van der Waals surface area contributed by atoms with Crippen LogP contribution in [0.1, 0.15) is 12.5 Å². The van der Waals surface area contributed by atoms with E-state index < -0.39 is 22.4 Å². The zero-order valence-electron chi connectivity index (χ0n) is 8.25.